The van der Waals surface area contributed by atoms with Gasteiger partial charge in [-0.25, -0.2) is 8.78 Å². The van der Waals surface area contributed by atoms with Gasteiger partial charge in [0, 0.05) is 18.5 Å². The summed E-state index contributed by atoms with van der Waals surface area (Å²) in [5.74, 6) is -1.38. The summed E-state index contributed by atoms with van der Waals surface area (Å²) in [6, 6.07) is 2.06. The van der Waals surface area contributed by atoms with E-state index in [9.17, 15) is 18.4 Å². The molecule has 0 aliphatic carbocycles. The molecule has 20 heavy (non-hydrogen) atoms. The number of carbonyl (C=O) groups excluding carboxylic acids is 2. The maximum absolute atomic E-state index is 13.7. The lowest BCUT2D eigenvalue weighted by atomic mass is 10.1. The molecule has 0 fully saturated rings. The molecule has 2 amide bonds. The zero-order chi connectivity index (χ0) is 15.1. The van der Waals surface area contributed by atoms with Crippen molar-refractivity contribution in [3.8, 4) is 0 Å². The van der Waals surface area contributed by atoms with Gasteiger partial charge >= 0.3 is 0 Å². The van der Waals surface area contributed by atoms with Gasteiger partial charge in [0.1, 0.15) is 11.6 Å². The fourth-order valence-corrected chi connectivity index (χ4v) is 1.79. The Bertz CT molecular complexity index is 492. The van der Waals surface area contributed by atoms with E-state index in [-0.39, 0.29) is 18.2 Å². The second kappa shape index (κ2) is 7.57. The van der Waals surface area contributed by atoms with Crippen molar-refractivity contribution in [3.63, 3.8) is 0 Å². The highest BCUT2D eigenvalue weighted by atomic mass is 19.1. The van der Waals surface area contributed by atoms with Crippen LogP contribution < -0.4 is 10.6 Å². The SMILES string of the molecule is CCc1cc(F)c(NC(C)CCC(=O)NC=O)cc1F. The van der Waals surface area contributed by atoms with Crippen LogP contribution in [0.1, 0.15) is 32.3 Å². The molecule has 1 atom stereocenters. The molecule has 1 unspecified atom stereocenters. The van der Waals surface area contributed by atoms with Gasteiger partial charge in [0.05, 0.1) is 5.69 Å². The number of imide groups is 1. The molecule has 1 aromatic carbocycles. The summed E-state index contributed by atoms with van der Waals surface area (Å²) in [6.07, 6.45) is 1.27. The van der Waals surface area contributed by atoms with Gasteiger partial charge in [0.25, 0.3) is 0 Å². The average Bonchev–Trinajstić information content (AvgIpc) is 2.40. The topological polar surface area (TPSA) is 58.2 Å². The first-order chi connectivity index (χ1) is 9.47. The van der Waals surface area contributed by atoms with Gasteiger partial charge in [-0.05, 0) is 31.4 Å². The molecule has 4 nitrogen and oxygen atoms in total. The molecule has 0 aliphatic rings. The summed E-state index contributed by atoms with van der Waals surface area (Å²) in [6.45, 7) is 3.50. The molecular weight excluding hydrogens is 266 g/mol. The van der Waals surface area contributed by atoms with E-state index in [4.69, 9.17) is 0 Å². The Morgan fingerprint density at radius 1 is 1.35 bits per heavy atom. The maximum atomic E-state index is 13.7. The van der Waals surface area contributed by atoms with Crippen LogP contribution in [0.5, 0.6) is 0 Å². The van der Waals surface area contributed by atoms with Gasteiger partial charge in [0.15, 0.2) is 0 Å². The third kappa shape index (κ3) is 4.60. The molecule has 0 spiro atoms. The molecule has 0 bridgehead atoms. The number of aryl methyl sites for hydroxylation is 1. The molecule has 2 N–H and O–H groups in total. The number of benzene rings is 1. The third-order valence-corrected chi connectivity index (χ3v) is 2.94. The first kappa shape index (κ1) is 16.1. The van der Waals surface area contributed by atoms with E-state index in [0.29, 0.717) is 24.8 Å². The van der Waals surface area contributed by atoms with Crippen LogP contribution in [0.25, 0.3) is 0 Å². The number of nitrogens with one attached hydrogen (secondary N) is 2. The van der Waals surface area contributed by atoms with Gasteiger partial charge < -0.3 is 5.32 Å². The first-order valence-corrected chi connectivity index (χ1v) is 6.45. The number of carbonyl (C=O) groups is 2. The summed E-state index contributed by atoms with van der Waals surface area (Å²) in [5, 5.41) is 4.84. The quantitative estimate of drug-likeness (QED) is 0.756. The van der Waals surface area contributed by atoms with Crippen LogP contribution in [0, 0.1) is 11.6 Å². The lowest BCUT2D eigenvalue weighted by molar-refractivity contribution is -0.125. The fraction of sp³-hybridized carbons (Fsp3) is 0.429. The van der Waals surface area contributed by atoms with E-state index in [0.717, 1.165) is 6.07 Å². The van der Waals surface area contributed by atoms with Crippen LogP contribution in [-0.2, 0) is 16.0 Å². The number of halogens is 2. The zero-order valence-electron chi connectivity index (χ0n) is 11.5. The summed E-state index contributed by atoms with van der Waals surface area (Å²) < 4.78 is 27.3. The minimum Gasteiger partial charge on any atom is -0.380 e. The van der Waals surface area contributed by atoms with Crippen molar-refractivity contribution in [2.75, 3.05) is 5.32 Å². The van der Waals surface area contributed by atoms with E-state index < -0.39 is 17.5 Å². The fourth-order valence-electron chi connectivity index (χ4n) is 1.79. The molecule has 0 heterocycles. The molecule has 0 saturated heterocycles. The first-order valence-electron chi connectivity index (χ1n) is 6.45. The highest BCUT2D eigenvalue weighted by Crippen LogP contribution is 2.21. The van der Waals surface area contributed by atoms with Crippen molar-refractivity contribution in [1.29, 1.82) is 0 Å². The standard InChI is InChI=1S/C14H18F2N2O2/c1-3-10-6-12(16)13(7-11(10)15)18-9(2)4-5-14(20)17-8-19/h6-9,18H,3-5H2,1-2H3,(H,17,19,20). The van der Waals surface area contributed by atoms with Crippen molar-refractivity contribution in [1.82, 2.24) is 5.32 Å². The Hall–Kier alpha value is -1.98. The van der Waals surface area contributed by atoms with Crippen molar-refractivity contribution >= 4 is 18.0 Å². The van der Waals surface area contributed by atoms with Gasteiger partial charge in [-0.2, -0.15) is 0 Å². The Kier molecular flexibility index (Phi) is 6.09. The Labute approximate surface area is 116 Å². The Morgan fingerprint density at radius 3 is 2.65 bits per heavy atom. The van der Waals surface area contributed by atoms with E-state index in [1.807, 2.05) is 5.32 Å². The molecule has 6 heteroatoms. The minimum atomic E-state index is -0.521. The van der Waals surface area contributed by atoms with Crippen molar-refractivity contribution in [3.05, 3.63) is 29.3 Å². The molecule has 0 radical (unpaired) electrons. The van der Waals surface area contributed by atoms with Gasteiger partial charge in [-0.15, -0.1) is 0 Å². The largest absolute Gasteiger partial charge is 0.380 e. The number of amides is 2. The molecule has 0 aliphatic heterocycles. The molecule has 110 valence electrons. The second-order valence-corrected chi connectivity index (χ2v) is 4.55. The van der Waals surface area contributed by atoms with Crippen LogP contribution in [0.2, 0.25) is 0 Å². The molecule has 0 saturated carbocycles. The van der Waals surface area contributed by atoms with Crippen LogP contribution in [-0.4, -0.2) is 18.4 Å². The number of hydrogen-bond donors (Lipinski definition) is 2. The van der Waals surface area contributed by atoms with E-state index in [1.165, 1.54) is 6.07 Å². The summed E-state index contributed by atoms with van der Waals surface area (Å²) in [4.78, 5) is 21.2. The molecule has 0 aromatic heterocycles. The lowest BCUT2D eigenvalue weighted by Gasteiger charge is -2.16. The third-order valence-electron chi connectivity index (χ3n) is 2.94. The minimum absolute atomic E-state index is 0.0722. The molecule has 1 rings (SSSR count). The zero-order valence-corrected chi connectivity index (χ0v) is 11.5. The van der Waals surface area contributed by atoms with Crippen LogP contribution >= 0.6 is 0 Å². The molecule has 1 aromatic rings. The van der Waals surface area contributed by atoms with E-state index in [2.05, 4.69) is 5.32 Å². The van der Waals surface area contributed by atoms with E-state index in [1.54, 1.807) is 13.8 Å². The monoisotopic (exact) mass is 284 g/mol. The van der Waals surface area contributed by atoms with E-state index >= 15 is 0 Å². The highest BCUT2D eigenvalue weighted by Gasteiger charge is 2.12. The number of hydrogen-bond acceptors (Lipinski definition) is 3. The normalized spacial score (nSPS) is 11.8. The highest BCUT2D eigenvalue weighted by molar-refractivity contribution is 5.85. The Morgan fingerprint density at radius 2 is 2.05 bits per heavy atom. The van der Waals surface area contributed by atoms with Crippen LogP contribution in [0.3, 0.4) is 0 Å². The Balaban J connectivity index is 2.62. The predicted octanol–water partition coefficient (Wildman–Crippen LogP) is 2.38. The predicted molar refractivity (Wildman–Crippen MR) is 72.3 cm³/mol. The van der Waals surface area contributed by atoms with Crippen molar-refractivity contribution in [2.24, 2.45) is 0 Å². The van der Waals surface area contributed by atoms with Crippen molar-refractivity contribution < 1.29 is 18.4 Å². The lowest BCUT2D eigenvalue weighted by Crippen LogP contribution is -2.24. The average molecular weight is 284 g/mol. The summed E-state index contributed by atoms with van der Waals surface area (Å²) >= 11 is 0. The smallest absolute Gasteiger partial charge is 0.226 e. The maximum Gasteiger partial charge on any atom is 0.226 e. The summed E-state index contributed by atoms with van der Waals surface area (Å²) in [7, 11) is 0. The van der Waals surface area contributed by atoms with Crippen molar-refractivity contribution in [2.45, 2.75) is 39.2 Å². The second-order valence-electron chi connectivity index (χ2n) is 4.55. The van der Waals surface area contributed by atoms with Gasteiger partial charge in [0.2, 0.25) is 12.3 Å². The number of anilines is 1. The van der Waals surface area contributed by atoms with Gasteiger partial charge in [-0.1, -0.05) is 6.92 Å². The van der Waals surface area contributed by atoms with Crippen LogP contribution in [0.15, 0.2) is 12.1 Å². The van der Waals surface area contributed by atoms with Crippen LogP contribution in [0.4, 0.5) is 14.5 Å². The summed E-state index contributed by atoms with van der Waals surface area (Å²) in [5.41, 5.74) is 0.397. The molecular formula is C14H18F2N2O2. The number of rotatable bonds is 7. The van der Waals surface area contributed by atoms with Gasteiger partial charge in [-0.3, -0.25) is 14.9 Å².